The highest BCUT2D eigenvalue weighted by Crippen LogP contribution is 2.49. The second kappa shape index (κ2) is 16.1. The van der Waals surface area contributed by atoms with E-state index in [0.717, 1.165) is 7.11 Å². The Morgan fingerprint density at radius 2 is 1.65 bits per heavy atom. The van der Waals surface area contributed by atoms with Crippen LogP contribution in [0.2, 0.25) is 0 Å². The van der Waals surface area contributed by atoms with E-state index in [0.29, 0.717) is 6.42 Å². The maximum Gasteiger partial charge on any atom is 0.475 e. The van der Waals surface area contributed by atoms with E-state index >= 15 is 0 Å². The largest absolute Gasteiger partial charge is 0.481 e. The van der Waals surface area contributed by atoms with Crippen molar-refractivity contribution in [3.8, 4) is 0 Å². The third-order valence-electron chi connectivity index (χ3n) is 2.77. The quantitative estimate of drug-likeness (QED) is 0.138. The molecule has 0 aliphatic rings. The molecule has 26 heavy (non-hydrogen) atoms. The fraction of sp³-hybridized carbons (Fsp3) is 0.846. The summed E-state index contributed by atoms with van der Waals surface area (Å²) in [7, 11) is -3.06. The summed E-state index contributed by atoms with van der Waals surface area (Å²) in [6.45, 7) is 2.42. The monoisotopic (exact) mass is 404 g/mol. The van der Waals surface area contributed by atoms with Gasteiger partial charge in [-0.05, 0) is 13.3 Å². The number of aliphatic carboxylic acids is 2. The number of aliphatic hydroxyl groups is 1. The van der Waals surface area contributed by atoms with Crippen LogP contribution >= 0.6 is 7.82 Å². The Morgan fingerprint density at radius 1 is 1.08 bits per heavy atom. The maximum atomic E-state index is 12.2. The summed E-state index contributed by atoms with van der Waals surface area (Å²) >= 11 is 0. The van der Waals surface area contributed by atoms with Gasteiger partial charge in [0.25, 0.3) is 0 Å². The van der Waals surface area contributed by atoms with Crippen molar-refractivity contribution < 1.29 is 47.9 Å². The molecule has 0 spiro atoms. The summed E-state index contributed by atoms with van der Waals surface area (Å²) in [5.74, 6) is 2.08. The molecule has 6 N–H and O–H groups in total. The lowest BCUT2D eigenvalue weighted by atomic mass is 10.0. The molecule has 0 aromatic rings. The van der Waals surface area contributed by atoms with E-state index in [1.165, 1.54) is 0 Å². The Labute approximate surface area is 152 Å². The molecule has 0 saturated carbocycles. The van der Waals surface area contributed by atoms with Crippen molar-refractivity contribution in [3.63, 3.8) is 0 Å². The molecule has 0 radical (unpaired) electrons. The summed E-state index contributed by atoms with van der Waals surface area (Å²) < 4.78 is 26.7. The molecular formula is C13H29N2O10P. The molecule has 0 aromatic carbocycles. The first-order chi connectivity index (χ1) is 12.2. The summed E-state index contributed by atoms with van der Waals surface area (Å²) in [5.41, 5.74) is 0. The molecule has 0 heterocycles. The molecule has 0 amide bonds. The summed E-state index contributed by atoms with van der Waals surface area (Å²) in [6.07, 6.45) is 0.410. The molecule has 0 aliphatic carbocycles. The number of nitrogens with one attached hydrogen (secondary N) is 1. The predicted molar refractivity (Wildman–Crippen MR) is 90.3 cm³/mol. The second-order valence-electron chi connectivity index (χ2n) is 4.98. The first-order valence-electron chi connectivity index (χ1n) is 7.68. The van der Waals surface area contributed by atoms with Crippen molar-refractivity contribution >= 4 is 19.8 Å². The van der Waals surface area contributed by atoms with Crippen LogP contribution in [0, 0.1) is 5.92 Å². The summed E-state index contributed by atoms with van der Waals surface area (Å²) in [6, 6.07) is -0.106. The number of hydrogen-bond acceptors (Lipinski definition) is 10. The molecule has 0 aromatic heterocycles. The fourth-order valence-electron chi connectivity index (χ4n) is 1.62. The first-order valence-corrected chi connectivity index (χ1v) is 9.14. The smallest absolute Gasteiger partial charge is 0.475 e. The van der Waals surface area contributed by atoms with Gasteiger partial charge in [0.15, 0.2) is 6.61 Å². The van der Waals surface area contributed by atoms with Crippen LogP contribution in [-0.4, -0.2) is 73.4 Å². The minimum absolute atomic E-state index is 0.0772. The lowest BCUT2D eigenvalue weighted by Crippen LogP contribution is -2.32. The van der Waals surface area contributed by atoms with Crippen LogP contribution in [0.3, 0.4) is 0 Å². The number of phosphoric ester groups is 1. The molecule has 0 rings (SSSR count). The highest BCUT2D eigenvalue weighted by Gasteiger charge is 2.28. The van der Waals surface area contributed by atoms with Crippen molar-refractivity contribution in [2.45, 2.75) is 26.3 Å². The SMILES string of the molecule is CC(CC(C)C(=O)O)NCCOP(=O)(OCCON)OCC(=O)O.CO. The molecule has 0 aliphatic heterocycles. The second-order valence-corrected chi connectivity index (χ2v) is 6.65. The van der Waals surface area contributed by atoms with Crippen molar-refractivity contribution in [2.75, 3.05) is 40.1 Å². The highest BCUT2D eigenvalue weighted by atomic mass is 31.2. The van der Waals surface area contributed by atoms with Gasteiger partial charge in [-0.1, -0.05) is 6.92 Å². The number of phosphoric acid groups is 1. The number of rotatable bonds is 15. The van der Waals surface area contributed by atoms with E-state index in [9.17, 15) is 14.2 Å². The maximum absolute atomic E-state index is 12.2. The topological polar surface area (TPSA) is 187 Å². The Hall–Kier alpha value is -1.11. The van der Waals surface area contributed by atoms with Crippen LogP contribution in [0.25, 0.3) is 0 Å². The molecule has 0 saturated heterocycles. The normalized spacial score (nSPS) is 15.3. The molecule has 3 unspecified atom stereocenters. The molecule has 0 bridgehead atoms. The van der Waals surface area contributed by atoms with Crippen LogP contribution in [-0.2, 0) is 32.6 Å². The first kappa shape index (κ1) is 27.1. The Kier molecular flexibility index (Phi) is 16.8. The average Bonchev–Trinajstić information content (AvgIpc) is 2.59. The van der Waals surface area contributed by atoms with E-state index in [1.807, 2.05) is 0 Å². The van der Waals surface area contributed by atoms with Gasteiger partial charge in [0.2, 0.25) is 0 Å². The van der Waals surface area contributed by atoms with Crippen molar-refractivity contribution in [3.05, 3.63) is 0 Å². The fourth-order valence-corrected chi connectivity index (χ4v) is 2.73. The summed E-state index contributed by atoms with van der Waals surface area (Å²) in [4.78, 5) is 25.5. The van der Waals surface area contributed by atoms with E-state index in [-0.39, 0.29) is 32.4 Å². The molecule has 156 valence electrons. The number of carboxylic acids is 2. The van der Waals surface area contributed by atoms with Gasteiger partial charge >= 0.3 is 19.8 Å². The molecule has 3 atom stereocenters. The molecular weight excluding hydrogens is 375 g/mol. The standard InChI is InChI=1S/C12H25N2O9P.CH4O/c1-9(12(17)18)7-10(2)14-3-4-21-24(19,22-6-5-20-13)23-8-11(15)16;1-2/h9-10,14H,3-8,13H2,1-2H3,(H,15,16)(H,17,18);2H,1H3. The van der Waals surface area contributed by atoms with E-state index < -0.39 is 32.3 Å². The Balaban J connectivity index is 0. The van der Waals surface area contributed by atoms with Gasteiger partial charge in [-0.15, -0.1) is 0 Å². The molecule has 0 fully saturated rings. The van der Waals surface area contributed by atoms with Gasteiger partial charge in [-0.2, -0.15) is 0 Å². The summed E-state index contributed by atoms with van der Waals surface area (Å²) in [5, 5.41) is 27.4. The zero-order valence-electron chi connectivity index (χ0n) is 15.1. The van der Waals surface area contributed by atoms with Gasteiger partial charge in [-0.25, -0.2) is 15.3 Å². The zero-order chi connectivity index (χ0) is 20.6. The molecule has 13 heteroatoms. The van der Waals surface area contributed by atoms with Crippen molar-refractivity contribution in [2.24, 2.45) is 11.8 Å². The molecule has 12 nitrogen and oxygen atoms in total. The third-order valence-corrected chi connectivity index (χ3v) is 4.21. The van der Waals surface area contributed by atoms with Crippen LogP contribution in [0.4, 0.5) is 0 Å². The van der Waals surface area contributed by atoms with Gasteiger partial charge in [0.05, 0.1) is 25.7 Å². The average molecular weight is 404 g/mol. The number of hydrogen-bond donors (Lipinski definition) is 5. The van der Waals surface area contributed by atoms with Crippen LogP contribution in [0.15, 0.2) is 0 Å². The van der Waals surface area contributed by atoms with Crippen LogP contribution in [0.1, 0.15) is 20.3 Å². The van der Waals surface area contributed by atoms with Crippen LogP contribution in [0.5, 0.6) is 0 Å². The van der Waals surface area contributed by atoms with Crippen molar-refractivity contribution in [1.29, 1.82) is 0 Å². The predicted octanol–water partition coefficient (Wildman–Crippen LogP) is -0.183. The van der Waals surface area contributed by atoms with E-state index in [1.54, 1.807) is 13.8 Å². The lowest BCUT2D eigenvalue weighted by Gasteiger charge is -2.19. The van der Waals surface area contributed by atoms with Crippen molar-refractivity contribution in [1.82, 2.24) is 5.32 Å². The minimum Gasteiger partial charge on any atom is -0.481 e. The van der Waals surface area contributed by atoms with Gasteiger partial charge < -0.3 is 25.5 Å². The number of carboxylic acid groups (broad SMARTS) is 2. The van der Waals surface area contributed by atoms with Gasteiger partial charge in [0, 0.05) is 19.7 Å². The lowest BCUT2D eigenvalue weighted by molar-refractivity contribution is -0.141. The Morgan fingerprint density at radius 3 is 2.15 bits per heavy atom. The number of nitrogens with two attached hydrogens (primary N) is 1. The number of carbonyl (C=O) groups is 2. The Bertz CT molecular complexity index is 437. The van der Waals surface area contributed by atoms with E-state index in [4.69, 9.17) is 30.3 Å². The van der Waals surface area contributed by atoms with E-state index in [2.05, 4.69) is 14.7 Å². The highest BCUT2D eigenvalue weighted by molar-refractivity contribution is 7.48. The zero-order valence-corrected chi connectivity index (χ0v) is 16.0. The van der Waals surface area contributed by atoms with Crippen LogP contribution < -0.4 is 11.2 Å². The third kappa shape index (κ3) is 15.2. The van der Waals surface area contributed by atoms with Gasteiger partial charge in [-0.3, -0.25) is 18.4 Å². The number of aliphatic hydroxyl groups excluding tert-OH is 1. The van der Waals surface area contributed by atoms with Gasteiger partial charge in [0.1, 0.15) is 0 Å². The minimum atomic E-state index is -4.06.